The minimum atomic E-state index is -0.596. The molecule has 100 valence electrons. The van der Waals surface area contributed by atoms with Gasteiger partial charge in [0.1, 0.15) is 0 Å². The first-order valence-electron chi connectivity index (χ1n) is 6.55. The molecular weight excluding hydrogens is 244 g/mol. The van der Waals surface area contributed by atoms with E-state index in [1.54, 1.807) is 0 Å². The average molecular weight is 266 g/mol. The number of aliphatic hydroxyl groups is 1. The van der Waals surface area contributed by atoms with Crippen LogP contribution in [0.25, 0.3) is 0 Å². The molecule has 0 spiro atoms. The Hall–Kier alpha value is -0.580. The number of likely N-dealkylation sites (tertiary alicyclic amines) is 1. The van der Waals surface area contributed by atoms with Gasteiger partial charge in [-0.25, -0.2) is 0 Å². The lowest BCUT2D eigenvalue weighted by atomic mass is 9.87. The fraction of sp³-hybridized carbons (Fsp3) is 0.643. The van der Waals surface area contributed by atoms with Gasteiger partial charge in [0.05, 0.1) is 5.60 Å². The van der Waals surface area contributed by atoms with Gasteiger partial charge >= 0.3 is 0 Å². The smallest absolute Gasteiger partial charge is 0.0727 e. The van der Waals surface area contributed by atoms with Crippen LogP contribution in [0.3, 0.4) is 0 Å². The zero-order valence-corrected chi connectivity index (χ0v) is 12.0. The van der Waals surface area contributed by atoms with Gasteiger partial charge in [0.15, 0.2) is 0 Å². The highest BCUT2D eigenvalue weighted by atomic mass is 32.1. The molecule has 0 bridgehead atoms. The molecule has 2 heterocycles. The summed E-state index contributed by atoms with van der Waals surface area (Å²) < 4.78 is 0. The quantitative estimate of drug-likeness (QED) is 0.822. The first-order valence-corrected chi connectivity index (χ1v) is 7.06. The van der Waals surface area contributed by atoms with Crippen LogP contribution in [0.15, 0.2) is 18.3 Å². The summed E-state index contributed by atoms with van der Waals surface area (Å²) in [6.07, 6.45) is 4.12. The molecule has 4 heteroatoms. The topological polar surface area (TPSA) is 36.4 Å². The van der Waals surface area contributed by atoms with E-state index >= 15 is 0 Å². The van der Waals surface area contributed by atoms with Crippen molar-refractivity contribution in [2.24, 2.45) is 0 Å². The molecule has 18 heavy (non-hydrogen) atoms. The summed E-state index contributed by atoms with van der Waals surface area (Å²) >= 11 is 4.44. The van der Waals surface area contributed by atoms with E-state index in [1.165, 1.54) is 0 Å². The van der Waals surface area contributed by atoms with Crippen LogP contribution in [0, 0.1) is 6.92 Å². The maximum absolute atomic E-state index is 10.6. The molecule has 1 atom stereocenters. The van der Waals surface area contributed by atoms with E-state index in [9.17, 15) is 5.11 Å². The largest absolute Gasteiger partial charge is 0.389 e. The van der Waals surface area contributed by atoms with E-state index < -0.39 is 5.60 Å². The number of hydrogen-bond acceptors (Lipinski definition) is 4. The second-order valence-electron chi connectivity index (χ2n) is 5.40. The van der Waals surface area contributed by atoms with Crippen molar-refractivity contribution >= 4 is 12.6 Å². The summed E-state index contributed by atoms with van der Waals surface area (Å²) in [5.41, 5.74) is 1.54. The van der Waals surface area contributed by atoms with Gasteiger partial charge in [-0.2, -0.15) is 12.6 Å². The van der Waals surface area contributed by atoms with Gasteiger partial charge in [-0.05, 0) is 38.3 Å². The Labute approximate surface area is 115 Å². The number of aryl methyl sites for hydroxylation is 1. The third kappa shape index (κ3) is 3.46. The average Bonchev–Trinajstić information content (AvgIpc) is 2.32. The van der Waals surface area contributed by atoms with E-state index in [1.807, 2.05) is 19.2 Å². The Kier molecular flexibility index (Phi) is 4.30. The fourth-order valence-corrected chi connectivity index (χ4v) is 2.66. The van der Waals surface area contributed by atoms with Crippen molar-refractivity contribution in [3.05, 3.63) is 29.6 Å². The third-order valence-corrected chi connectivity index (χ3v) is 4.07. The molecule has 0 saturated carbocycles. The van der Waals surface area contributed by atoms with Crippen molar-refractivity contribution < 1.29 is 5.11 Å². The Morgan fingerprint density at radius 2 is 2.11 bits per heavy atom. The zero-order valence-electron chi connectivity index (χ0n) is 11.1. The second-order valence-corrected chi connectivity index (χ2v) is 6.14. The maximum Gasteiger partial charge on any atom is 0.0727 e. The van der Waals surface area contributed by atoms with Gasteiger partial charge in [-0.15, -0.1) is 0 Å². The standard InChI is InChI=1S/C14H22N2OS/c1-11-3-4-13(15-10-11)9-14(17)5-7-16(8-6-14)12(2)18/h3-4,10,12,17-18H,5-9H2,1-2H3. The number of thiol groups is 1. The first kappa shape index (κ1) is 13.8. The Morgan fingerprint density at radius 3 is 2.61 bits per heavy atom. The van der Waals surface area contributed by atoms with Gasteiger partial charge in [-0.3, -0.25) is 9.88 Å². The van der Waals surface area contributed by atoms with E-state index in [2.05, 4.69) is 35.5 Å². The second kappa shape index (κ2) is 5.59. The van der Waals surface area contributed by atoms with Crippen LogP contribution in [-0.2, 0) is 6.42 Å². The van der Waals surface area contributed by atoms with Gasteiger partial charge in [0.25, 0.3) is 0 Å². The molecular formula is C14H22N2OS. The molecule has 0 aromatic carbocycles. The maximum atomic E-state index is 10.6. The van der Waals surface area contributed by atoms with Crippen molar-refractivity contribution in [2.75, 3.05) is 13.1 Å². The van der Waals surface area contributed by atoms with Crippen molar-refractivity contribution in [3.63, 3.8) is 0 Å². The zero-order chi connectivity index (χ0) is 13.2. The predicted octanol–water partition coefficient (Wildman–Crippen LogP) is 2.04. The molecule has 1 fully saturated rings. The van der Waals surface area contributed by atoms with Gasteiger partial charge in [0, 0.05) is 36.8 Å². The highest BCUT2D eigenvalue weighted by Gasteiger charge is 2.33. The Balaban J connectivity index is 1.95. The number of pyridine rings is 1. The molecule has 0 radical (unpaired) electrons. The number of rotatable bonds is 3. The van der Waals surface area contributed by atoms with Crippen LogP contribution in [-0.4, -0.2) is 39.1 Å². The summed E-state index contributed by atoms with van der Waals surface area (Å²) in [7, 11) is 0. The summed E-state index contributed by atoms with van der Waals surface area (Å²) in [6, 6.07) is 4.07. The van der Waals surface area contributed by atoms with Crippen LogP contribution >= 0.6 is 12.6 Å². The van der Waals surface area contributed by atoms with Crippen LogP contribution in [0.1, 0.15) is 31.0 Å². The van der Waals surface area contributed by atoms with Crippen molar-refractivity contribution in [3.8, 4) is 0 Å². The number of hydrogen-bond donors (Lipinski definition) is 2. The van der Waals surface area contributed by atoms with Gasteiger partial charge < -0.3 is 5.11 Å². The molecule has 3 nitrogen and oxygen atoms in total. The Morgan fingerprint density at radius 1 is 1.44 bits per heavy atom. The third-order valence-electron chi connectivity index (χ3n) is 3.74. The minimum absolute atomic E-state index is 0.270. The first-order chi connectivity index (χ1) is 8.48. The molecule has 1 saturated heterocycles. The van der Waals surface area contributed by atoms with Crippen LogP contribution in [0.5, 0.6) is 0 Å². The van der Waals surface area contributed by atoms with Crippen molar-refractivity contribution in [1.82, 2.24) is 9.88 Å². The molecule has 0 aliphatic carbocycles. The number of nitrogens with zero attached hydrogens (tertiary/aromatic N) is 2. The van der Waals surface area contributed by atoms with E-state index in [0.717, 1.165) is 37.2 Å². The number of piperidine rings is 1. The lowest BCUT2D eigenvalue weighted by Crippen LogP contribution is -2.47. The summed E-state index contributed by atoms with van der Waals surface area (Å²) in [5.74, 6) is 0. The number of aromatic nitrogens is 1. The van der Waals surface area contributed by atoms with E-state index in [-0.39, 0.29) is 5.37 Å². The van der Waals surface area contributed by atoms with E-state index in [0.29, 0.717) is 6.42 Å². The molecule has 1 aromatic heterocycles. The summed E-state index contributed by atoms with van der Waals surface area (Å²) in [4.78, 5) is 6.67. The van der Waals surface area contributed by atoms with Crippen LogP contribution in [0.4, 0.5) is 0 Å². The summed E-state index contributed by atoms with van der Waals surface area (Å²) in [6.45, 7) is 5.92. The van der Waals surface area contributed by atoms with Gasteiger partial charge in [-0.1, -0.05) is 6.07 Å². The lowest BCUT2D eigenvalue weighted by molar-refractivity contribution is -0.0224. The van der Waals surface area contributed by atoms with Crippen LogP contribution < -0.4 is 0 Å². The summed E-state index contributed by atoms with van der Waals surface area (Å²) in [5, 5.41) is 10.9. The minimum Gasteiger partial charge on any atom is -0.389 e. The van der Waals surface area contributed by atoms with Crippen molar-refractivity contribution in [2.45, 2.75) is 44.1 Å². The highest BCUT2D eigenvalue weighted by Crippen LogP contribution is 2.27. The highest BCUT2D eigenvalue weighted by molar-refractivity contribution is 7.80. The van der Waals surface area contributed by atoms with Crippen LogP contribution in [0.2, 0.25) is 0 Å². The molecule has 1 aromatic rings. The molecule has 2 rings (SSSR count). The fourth-order valence-electron chi connectivity index (χ4n) is 2.43. The molecule has 1 aliphatic rings. The predicted molar refractivity (Wildman–Crippen MR) is 76.9 cm³/mol. The molecule has 1 unspecified atom stereocenters. The SMILES string of the molecule is Cc1ccc(CC2(O)CCN(C(C)S)CC2)nc1. The lowest BCUT2D eigenvalue weighted by Gasteiger charge is -2.39. The molecule has 1 aliphatic heterocycles. The monoisotopic (exact) mass is 266 g/mol. The molecule has 0 amide bonds. The Bertz CT molecular complexity index is 383. The van der Waals surface area contributed by atoms with Crippen molar-refractivity contribution in [1.29, 1.82) is 0 Å². The normalized spacial score (nSPS) is 21.8. The molecule has 1 N–H and O–H groups in total. The van der Waals surface area contributed by atoms with E-state index in [4.69, 9.17) is 0 Å². The van der Waals surface area contributed by atoms with Gasteiger partial charge in [0.2, 0.25) is 0 Å².